The predicted molar refractivity (Wildman–Crippen MR) is 229 cm³/mol. The van der Waals surface area contributed by atoms with Crippen molar-refractivity contribution in [3.8, 4) is 46.4 Å². The number of benzene rings is 8. The van der Waals surface area contributed by atoms with Gasteiger partial charge in [0.25, 0.3) is 0 Å². The van der Waals surface area contributed by atoms with E-state index in [-0.39, 0.29) is 0 Å². The number of hydrogen-bond acceptors (Lipinski definition) is 3. The lowest BCUT2D eigenvalue weighted by molar-refractivity contribution is 1.15. The van der Waals surface area contributed by atoms with E-state index in [2.05, 4.69) is 141 Å². The van der Waals surface area contributed by atoms with Gasteiger partial charge in [0.05, 0.1) is 67.6 Å². The van der Waals surface area contributed by atoms with Gasteiger partial charge in [0.2, 0.25) is 0 Å². The first-order valence-corrected chi connectivity index (χ1v) is 18.7. The van der Waals surface area contributed by atoms with Crippen LogP contribution in [0.25, 0.3) is 93.6 Å². The minimum atomic E-state index is 0.549. The second-order valence-corrected chi connectivity index (χ2v) is 14.3. The van der Waals surface area contributed by atoms with E-state index in [9.17, 15) is 15.8 Å². The molecule has 6 nitrogen and oxygen atoms in total. The standard InChI is InChI=1S/C51H28N6/c52-29-32-14-23-49-44(25-32)41-9-3-6-12-48(41)57(49)45-24-17-35(27-36(45)31-54)34-15-18-37(19-16-34)55-50-26-33(30-53)13-21-42(50)43-22-20-38(28-51(43)55)56-46-10-4-1-7-39(46)40-8-2-5-11-47(40)56/h1-28H. The Hall–Kier alpha value is -8.37. The highest BCUT2D eigenvalue weighted by molar-refractivity contribution is 6.13. The van der Waals surface area contributed by atoms with E-state index < -0.39 is 0 Å². The molecule has 3 aromatic heterocycles. The molecule has 11 aromatic rings. The van der Waals surface area contributed by atoms with Gasteiger partial charge < -0.3 is 13.7 Å². The van der Waals surface area contributed by atoms with Crippen LogP contribution >= 0.6 is 0 Å². The van der Waals surface area contributed by atoms with E-state index in [4.69, 9.17) is 0 Å². The lowest BCUT2D eigenvalue weighted by atomic mass is 10.0. The number of aromatic nitrogens is 3. The molecule has 11 rings (SSSR count). The third-order valence-corrected chi connectivity index (χ3v) is 11.3. The molecule has 0 radical (unpaired) electrons. The molecule has 0 aliphatic heterocycles. The third kappa shape index (κ3) is 4.74. The summed E-state index contributed by atoms with van der Waals surface area (Å²) in [6.07, 6.45) is 0. The number of rotatable bonds is 4. The summed E-state index contributed by atoms with van der Waals surface area (Å²) in [4.78, 5) is 0. The zero-order valence-corrected chi connectivity index (χ0v) is 30.3. The average molecular weight is 725 g/mol. The van der Waals surface area contributed by atoms with Gasteiger partial charge in [-0.3, -0.25) is 0 Å². The van der Waals surface area contributed by atoms with Crippen molar-refractivity contribution in [1.29, 1.82) is 15.8 Å². The monoisotopic (exact) mass is 724 g/mol. The van der Waals surface area contributed by atoms with Gasteiger partial charge in [0.15, 0.2) is 0 Å². The first-order chi connectivity index (χ1) is 28.1. The number of nitrogens with zero attached hydrogens (tertiary/aromatic N) is 6. The molecule has 57 heavy (non-hydrogen) atoms. The van der Waals surface area contributed by atoms with Gasteiger partial charge in [-0.2, -0.15) is 15.8 Å². The molecule has 6 heteroatoms. The summed E-state index contributed by atoms with van der Waals surface area (Å²) >= 11 is 0. The Kier molecular flexibility index (Phi) is 6.95. The largest absolute Gasteiger partial charge is 0.309 e. The highest BCUT2D eigenvalue weighted by Crippen LogP contribution is 2.39. The molecule has 0 saturated heterocycles. The fourth-order valence-electron chi connectivity index (χ4n) is 8.80. The maximum Gasteiger partial charge on any atom is 0.101 e. The Bertz CT molecular complexity index is 3560. The van der Waals surface area contributed by atoms with Crippen molar-refractivity contribution in [3.63, 3.8) is 0 Å². The van der Waals surface area contributed by atoms with Crippen molar-refractivity contribution >= 4 is 65.4 Å². The maximum atomic E-state index is 10.5. The number of para-hydroxylation sites is 3. The lowest BCUT2D eigenvalue weighted by Crippen LogP contribution is -1.98. The minimum absolute atomic E-state index is 0.549. The predicted octanol–water partition coefficient (Wildman–Crippen LogP) is 12.3. The van der Waals surface area contributed by atoms with Crippen molar-refractivity contribution in [1.82, 2.24) is 13.7 Å². The van der Waals surface area contributed by atoms with Gasteiger partial charge in [-0.1, -0.05) is 84.9 Å². The molecule has 0 bridgehead atoms. The summed E-state index contributed by atoms with van der Waals surface area (Å²) < 4.78 is 6.69. The summed E-state index contributed by atoms with van der Waals surface area (Å²) in [5.41, 5.74) is 12.7. The molecule has 0 unspecified atom stereocenters. The van der Waals surface area contributed by atoms with Gasteiger partial charge in [-0.05, 0) is 96.1 Å². The zero-order chi connectivity index (χ0) is 38.2. The molecule has 0 aliphatic carbocycles. The summed E-state index contributed by atoms with van der Waals surface area (Å²) in [6.45, 7) is 0. The van der Waals surface area contributed by atoms with E-state index >= 15 is 0 Å². The summed E-state index contributed by atoms with van der Waals surface area (Å²) in [5, 5.41) is 36.6. The normalized spacial score (nSPS) is 11.5. The Labute approximate surface area is 326 Å². The average Bonchev–Trinajstić information content (AvgIpc) is 3.91. The maximum absolute atomic E-state index is 10.5. The molecule has 0 atom stereocenters. The van der Waals surface area contributed by atoms with Gasteiger partial charge in [0.1, 0.15) is 6.07 Å². The van der Waals surface area contributed by atoms with Crippen LogP contribution in [0.3, 0.4) is 0 Å². The Morgan fingerprint density at radius 2 is 0.807 bits per heavy atom. The van der Waals surface area contributed by atoms with Crippen molar-refractivity contribution in [2.75, 3.05) is 0 Å². The molecule has 0 amide bonds. The second-order valence-electron chi connectivity index (χ2n) is 14.3. The topological polar surface area (TPSA) is 86.2 Å². The van der Waals surface area contributed by atoms with Crippen LogP contribution in [0.4, 0.5) is 0 Å². The first kappa shape index (κ1) is 32.1. The van der Waals surface area contributed by atoms with Gasteiger partial charge in [0, 0.05) is 43.7 Å². The van der Waals surface area contributed by atoms with E-state index in [1.54, 1.807) is 0 Å². The highest BCUT2D eigenvalue weighted by Gasteiger charge is 2.19. The van der Waals surface area contributed by atoms with Crippen LogP contribution in [0.2, 0.25) is 0 Å². The lowest BCUT2D eigenvalue weighted by Gasteiger charge is -2.13. The van der Waals surface area contributed by atoms with Crippen molar-refractivity contribution in [2.45, 2.75) is 0 Å². The van der Waals surface area contributed by atoms with Crippen LogP contribution < -0.4 is 0 Å². The van der Waals surface area contributed by atoms with Crippen LogP contribution in [0.15, 0.2) is 170 Å². The Morgan fingerprint density at radius 1 is 0.316 bits per heavy atom. The van der Waals surface area contributed by atoms with Crippen LogP contribution in [0, 0.1) is 34.0 Å². The summed E-state index contributed by atoms with van der Waals surface area (Å²) in [7, 11) is 0. The number of hydrogen-bond donors (Lipinski definition) is 0. The smallest absolute Gasteiger partial charge is 0.101 e. The molecule has 3 heterocycles. The van der Waals surface area contributed by atoms with Crippen LogP contribution in [0.5, 0.6) is 0 Å². The van der Waals surface area contributed by atoms with Crippen molar-refractivity contribution < 1.29 is 0 Å². The van der Waals surface area contributed by atoms with Gasteiger partial charge in [-0.25, -0.2) is 0 Å². The van der Waals surface area contributed by atoms with E-state index in [1.807, 2.05) is 60.7 Å². The van der Waals surface area contributed by atoms with Gasteiger partial charge in [-0.15, -0.1) is 0 Å². The molecule has 0 spiro atoms. The number of fused-ring (bicyclic) bond motifs is 9. The highest BCUT2D eigenvalue weighted by atomic mass is 15.0. The Balaban J connectivity index is 1.05. The van der Waals surface area contributed by atoms with E-state index in [1.165, 1.54) is 10.8 Å². The quantitative estimate of drug-likeness (QED) is 0.181. The molecule has 0 saturated carbocycles. The van der Waals surface area contributed by atoms with Crippen LogP contribution in [0.1, 0.15) is 16.7 Å². The van der Waals surface area contributed by atoms with Crippen LogP contribution in [-0.4, -0.2) is 13.7 Å². The molecular formula is C51H28N6. The molecular weight excluding hydrogens is 697 g/mol. The summed E-state index contributed by atoms with van der Waals surface area (Å²) in [6, 6.07) is 64.9. The molecule has 0 aliphatic rings. The van der Waals surface area contributed by atoms with Crippen LogP contribution in [-0.2, 0) is 0 Å². The minimum Gasteiger partial charge on any atom is -0.309 e. The fraction of sp³-hybridized carbons (Fsp3) is 0. The van der Waals surface area contributed by atoms with E-state index in [0.29, 0.717) is 16.7 Å². The van der Waals surface area contributed by atoms with E-state index in [0.717, 1.165) is 82.8 Å². The van der Waals surface area contributed by atoms with Crippen molar-refractivity contribution in [2.24, 2.45) is 0 Å². The first-order valence-electron chi connectivity index (χ1n) is 18.7. The molecule has 0 fully saturated rings. The third-order valence-electron chi connectivity index (χ3n) is 11.3. The van der Waals surface area contributed by atoms with Gasteiger partial charge >= 0.3 is 0 Å². The molecule has 0 N–H and O–H groups in total. The zero-order valence-electron chi connectivity index (χ0n) is 30.3. The number of nitriles is 3. The Morgan fingerprint density at radius 3 is 1.47 bits per heavy atom. The SMILES string of the molecule is N#Cc1ccc2c(c1)c1ccccc1n2-c1ccc(-c2ccc(-n3c4cc(C#N)ccc4c4ccc(-n5c6ccccc6c6ccccc65)cc43)cc2)cc1C#N. The molecule has 8 aromatic carbocycles. The second kappa shape index (κ2) is 12.3. The molecule has 262 valence electrons. The fourth-order valence-corrected chi connectivity index (χ4v) is 8.80. The summed E-state index contributed by atoms with van der Waals surface area (Å²) in [5.74, 6) is 0. The van der Waals surface area contributed by atoms with Crippen molar-refractivity contribution in [3.05, 3.63) is 187 Å².